The fourth-order valence-corrected chi connectivity index (χ4v) is 2.64. The molecule has 0 saturated heterocycles. The van der Waals surface area contributed by atoms with Gasteiger partial charge in [0.25, 0.3) is 0 Å². The van der Waals surface area contributed by atoms with Crippen molar-refractivity contribution in [3.8, 4) is 0 Å². The second kappa shape index (κ2) is 23.7. The third-order valence-electron chi connectivity index (χ3n) is 4.13. The standard InChI is InChI=1S/C20H35N.C2H4O.CH4O/c1-3-5-7-8-9-10-11-12-19-13-15-20(16-14-19)18-21-17-6-4-2;1-2-3;1-2/h13-16,21H,3-12,17-18H2,1-2H3;2-3H,1H2;2H,1H3. The number of unbranched alkanes of at least 4 members (excludes halogenated alkanes) is 7. The van der Waals surface area contributed by atoms with Gasteiger partial charge in [-0.2, -0.15) is 0 Å². The van der Waals surface area contributed by atoms with E-state index in [1.54, 1.807) is 0 Å². The van der Waals surface area contributed by atoms with Crippen LogP contribution in [0.3, 0.4) is 0 Å². The van der Waals surface area contributed by atoms with Gasteiger partial charge in [-0.1, -0.05) is 89.6 Å². The van der Waals surface area contributed by atoms with Crippen molar-refractivity contribution in [1.82, 2.24) is 5.32 Å². The van der Waals surface area contributed by atoms with Crippen molar-refractivity contribution in [3.63, 3.8) is 0 Å². The Morgan fingerprint density at radius 1 is 0.808 bits per heavy atom. The zero-order chi connectivity index (χ0) is 19.9. The Labute approximate surface area is 162 Å². The summed E-state index contributed by atoms with van der Waals surface area (Å²) in [4.78, 5) is 0. The highest BCUT2D eigenvalue weighted by molar-refractivity contribution is 5.22. The quantitative estimate of drug-likeness (QED) is 0.289. The molecule has 0 heterocycles. The molecule has 1 rings (SSSR count). The largest absolute Gasteiger partial charge is 0.516 e. The molecular formula is C23H43NO2. The van der Waals surface area contributed by atoms with Gasteiger partial charge < -0.3 is 15.5 Å². The number of hydrogen-bond donors (Lipinski definition) is 3. The Morgan fingerprint density at radius 2 is 1.27 bits per heavy atom. The van der Waals surface area contributed by atoms with Crippen LogP contribution in [-0.2, 0) is 13.0 Å². The lowest BCUT2D eigenvalue weighted by atomic mass is 10.0. The molecule has 0 bridgehead atoms. The van der Waals surface area contributed by atoms with Crippen molar-refractivity contribution in [2.75, 3.05) is 13.7 Å². The summed E-state index contributed by atoms with van der Waals surface area (Å²) < 4.78 is 0. The first-order valence-corrected chi connectivity index (χ1v) is 10.3. The van der Waals surface area contributed by atoms with Crippen LogP contribution >= 0.6 is 0 Å². The molecule has 0 amide bonds. The average Bonchev–Trinajstić information content (AvgIpc) is 2.68. The van der Waals surface area contributed by atoms with Crippen LogP contribution in [0.25, 0.3) is 0 Å². The van der Waals surface area contributed by atoms with Crippen LogP contribution < -0.4 is 5.32 Å². The molecule has 0 aliphatic carbocycles. The number of nitrogens with one attached hydrogen (secondary N) is 1. The highest BCUT2D eigenvalue weighted by Crippen LogP contribution is 2.11. The first kappa shape index (κ1) is 26.9. The minimum Gasteiger partial charge on any atom is -0.516 e. The predicted octanol–water partition coefficient (Wildman–Crippen LogP) is 6.17. The molecule has 0 fully saturated rings. The molecule has 0 radical (unpaired) electrons. The maximum absolute atomic E-state index is 7.33. The van der Waals surface area contributed by atoms with Crippen molar-refractivity contribution in [1.29, 1.82) is 0 Å². The molecule has 1 aromatic carbocycles. The van der Waals surface area contributed by atoms with Gasteiger partial charge in [-0.25, -0.2) is 0 Å². The normalized spacial score (nSPS) is 9.54. The molecule has 0 aliphatic heterocycles. The zero-order valence-electron chi connectivity index (χ0n) is 17.5. The third-order valence-corrected chi connectivity index (χ3v) is 4.13. The maximum atomic E-state index is 7.33. The Hall–Kier alpha value is -1.32. The monoisotopic (exact) mass is 365 g/mol. The number of aliphatic hydroxyl groups excluding tert-OH is 2. The molecule has 3 N–H and O–H groups in total. The average molecular weight is 366 g/mol. The van der Waals surface area contributed by atoms with E-state index in [9.17, 15) is 0 Å². The van der Waals surface area contributed by atoms with Crippen molar-refractivity contribution < 1.29 is 10.2 Å². The molecule has 152 valence electrons. The first-order valence-electron chi connectivity index (χ1n) is 10.3. The van der Waals surface area contributed by atoms with E-state index in [1.807, 2.05) is 0 Å². The summed E-state index contributed by atoms with van der Waals surface area (Å²) in [5, 5.41) is 17.8. The number of aliphatic hydroxyl groups is 2. The van der Waals surface area contributed by atoms with Gasteiger partial charge in [0.15, 0.2) is 0 Å². The lowest BCUT2D eigenvalue weighted by Crippen LogP contribution is -2.14. The molecule has 0 unspecified atom stereocenters. The summed E-state index contributed by atoms with van der Waals surface area (Å²) in [6, 6.07) is 9.20. The first-order chi connectivity index (χ1) is 12.8. The summed E-state index contributed by atoms with van der Waals surface area (Å²) >= 11 is 0. The number of aryl methyl sites for hydroxylation is 1. The molecule has 0 aromatic heterocycles. The van der Waals surface area contributed by atoms with Gasteiger partial charge in [-0.05, 0) is 36.9 Å². The van der Waals surface area contributed by atoms with Crippen LogP contribution in [0.1, 0.15) is 82.8 Å². The second-order valence-electron chi connectivity index (χ2n) is 6.40. The molecule has 0 saturated carbocycles. The van der Waals surface area contributed by atoms with E-state index in [4.69, 9.17) is 10.2 Å². The van der Waals surface area contributed by atoms with Gasteiger partial charge in [0.05, 0.1) is 6.26 Å². The SMILES string of the molecule is C=CO.CCCCCCCCCc1ccc(CNCCCC)cc1.CO. The van der Waals surface area contributed by atoms with E-state index in [0.29, 0.717) is 0 Å². The van der Waals surface area contributed by atoms with Crippen molar-refractivity contribution >= 4 is 0 Å². The van der Waals surface area contributed by atoms with Crippen LogP contribution in [0.5, 0.6) is 0 Å². The van der Waals surface area contributed by atoms with E-state index < -0.39 is 0 Å². The Kier molecular flexibility index (Phi) is 24.5. The minimum atomic E-state index is 0.750. The fraction of sp³-hybridized carbons (Fsp3) is 0.652. The van der Waals surface area contributed by atoms with Crippen molar-refractivity contribution in [2.24, 2.45) is 0 Å². The van der Waals surface area contributed by atoms with Gasteiger partial charge in [-0.15, -0.1) is 0 Å². The lowest BCUT2D eigenvalue weighted by molar-refractivity contribution is 0.399. The van der Waals surface area contributed by atoms with E-state index >= 15 is 0 Å². The molecule has 1 aromatic rings. The summed E-state index contributed by atoms with van der Waals surface area (Å²) in [6.07, 6.45) is 14.3. The van der Waals surface area contributed by atoms with Crippen LogP contribution in [0.2, 0.25) is 0 Å². The van der Waals surface area contributed by atoms with Gasteiger partial charge in [0.2, 0.25) is 0 Å². The van der Waals surface area contributed by atoms with Gasteiger partial charge in [-0.3, -0.25) is 0 Å². The molecule has 3 heteroatoms. The van der Waals surface area contributed by atoms with Crippen molar-refractivity contribution in [3.05, 3.63) is 48.2 Å². The fourth-order valence-electron chi connectivity index (χ4n) is 2.64. The molecule has 0 atom stereocenters. The number of hydrogen-bond acceptors (Lipinski definition) is 3. The Bertz CT molecular complexity index is 376. The lowest BCUT2D eigenvalue weighted by Gasteiger charge is -2.06. The third kappa shape index (κ3) is 19.0. The number of rotatable bonds is 13. The maximum Gasteiger partial charge on any atom is 0.0719 e. The summed E-state index contributed by atoms with van der Waals surface area (Å²) in [7, 11) is 1.00. The van der Waals surface area contributed by atoms with Gasteiger partial charge in [0.1, 0.15) is 0 Å². The number of benzene rings is 1. The van der Waals surface area contributed by atoms with Crippen LogP contribution in [0.4, 0.5) is 0 Å². The van der Waals surface area contributed by atoms with Crippen LogP contribution in [-0.4, -0.2) is 23.9 Å². The van der Waals surface area contributed by atoms with E-state index in [-0.39, 0.29) is 0 Å². The zero-order valence-corrected chi connectivity index (χ0v) is 17.5. The van der Waals surface area contributed by atoms with Crippen LogP contribution in [0.15, 0.2) is 37.1 Å². The van der Waals surface area contributed by atoms with Gasteiger partial charge in [0, 0.05) is 13.7 Å². The Morgan fingerprint density at radius 3 is 1.81 bits per heavy atom. The van der Waals surface area contributed by atoms with E-state index in [1.165, 1.54) is 75.3 Å². The molecule has 26 heavy (non-hydrogen) atoms. The second-order valence-corrected chi connectivity index (χ2v) is 6.40. The molecule has 0 spiro atoms. The topological polar surface area (TPSA) is 52.5 Å². The molecular weight excluding hydrogens is 322 g/mol. The van der Waals surface area contributed by atoms with Gasteiger partial charge >= 0.3 is 0 Å². The minimum absolute atomic E-state index is 0.750. The highest BCUT2D eigenvalue weighted by atomic mass is 16.2. The highest BCUT2D eigenvalue weighted by Gasteiger charge is 1.96. The smallest absolute Gasteiger partial charge is 0.0719 e. The molecule has 0 aliphatic rings. The molecule has 3 nitrogen and oxygen atoms in total. The summed E-state index contributed by atoms with van der Waals surface area (Å²) in [5.74, 6) is 0. The Balaban J connectivity index is 0. The summed E-state index contributed by atoms with van der Waals surface area (Å²) in [5.41, 5.74) is 2.91. The van der Waals surface area contributed by atoms with E-state index in [0.717, 1.165) is 26.5 Å². The predicted molar refractivity (Wildman–Crippen MR) is 116 cm³/mol. The summed E-state index contributed by atoms with van der Waals surface area (Å²) in [6.45, 7) is 9.58. The van der Waals surface area contributed by atoms with Crippen molar-refractivity contribution in [2.45, 2.75) is 84.6 Å². The van der Waals surface area contributed by atoms with Crippen LogP contribution in [0, 0.1) is 0 Å². The van der Waals surface area contributed by atoms with E-state index in [2.05, 4.69) is 50.0 Å².